The number of carbonyl (C=O) groups excluding carboxylic acids is 1. The summed E-state index contributed by atoms with van der Waals surface area (Å²) in [5.41, 5.74) is -0.529. The molecule has 5 nitrogen and oxygen atoms in total. The van der Waals surface area contributed by atoms with Gasteiger partial charge in [0.15, 0.2) is 0 Å². The van der Waals surface area contributed by atoms with E-state index in [0.29, 0.717) is 5.56 Å². The zero-order valence-electron chi connectivity index (χ0n) is 9.44. The highest BCUT2D eigenvalue weighted by Crippen LogP contribution is 2.27. The minimum Gasteiger partial charge on any atom is -0.351 e. The second-order valence-electron chi connectivity index (χ2n) is 3.61. The van der Waals surface area contributed by atoms with Gasteiger partial charge in [-0.3, -0.25) is 9.78 Å². The SMILES string of the molecule is O=C(NCc1ccc(C(F)(F)F)nc1)c1ccno1. The maximum Gasteiger partial charge on any atom is 0.433 e. The topological polar surface area (TPSA) is 68.0 Å². The highest BCUT2D eigenvalue weighted by atomic mass is 19.4. The lowest BCUT2D eigenvalue weighted by molar-refractivity contribution is -0.141. The maximum absolute atomic E-state index is 12.3. The van der Waals surface area contributed by atoms with Crippen LogP contribution in [0.3, 0.4) is 0 Å². The van der Waals surface area contributed by atoms with E-state index in [1.165, 1.54) is 18.3 Å². The fourth-order valence-electron chi connectivity index (χ4n) is 1.30. The Morgan fingerprint density at radius 2 is 2.11 bits per heavy atom. The van der Waals surface area contributed by atoms with Crippen LogP contribution in [-0.2, 0) is 12.7 Å². The van der Waals surface area contributed by atoms with E-state index in [2.05, 4.69) is 20.0 Å². The van der Waals surface area contributed by atoms with E-state index < -0.39 is 17.8 Å². The number of alkyl halides is 3. The lowest BCUT2D eigenvalue weighted by atomic mass is 10.2. The maximum atomic E-state index is 12.3. The summed E-state index contributed by atoms with van der Waals surface area (Å²) in [6.45, 7) is 0.0463. The Kier molecular flexibility index (Phi) is 3.50. The van der Waals surface area contributed by atoms with Crippen molar-refractivity contribution in [2.75, 3.05) is 0 Å². The third-order valence-corrected chi connectivity index (χ3v) is 2.23. The van der Waals surface area contributed by atoms with E-state index >= 15 is 0 Å². The molecule has 0 bridgehead atoms. The van der Waals surface area contributed by atoms with Gasteiger partial charge in [-0.15, -0.1) is 0 Å². The predicted molar refractivity (Wildman–Crippen MR) is 56.9 cm³/mol. The smallest absolute Gasteiger partial charge is 0.351 e. The van der Waals surface area contributed by atoms with Crippen LogP contribution in [0.4, 0.5) is 13.2 Å². The number of aromatic nitrogens is 2. The highest BCUT2D eigenvalue weighted by molar-refractivity contribution is 5.91. The van der Waals surface area contributed by atoms with Crippen molar-refractivity contribution in [3.05, 3.63) is 47.6 Å². The fourth-order valence-corrected chi connectivity index (χ4v) is 1.30. The molecule has 2 aromatic rings. The van der Waals surface area contributed by atoms with Crippen LogP contribution >= 0.6 is 0 Å². The number of hydrogen-bond donors (Lipinski definition) is 1. The number of carbonyl (C=O) groups is 1. The molecule has 0 fully saturated rings. The zero-order valence-corrected chi connectivity index (χ0v) is 9.44. The molecule has 0 aromatic carbocycles. The molecule has 8 heteroatoms. The summed E-state index contributed by atoms with van der Waals surface area (Å²) in [6, 6.07) is 3.48. The van der Waals surface area contributed by atoms with Crippen molar-refractivity contribution < 1.29 is 22.5 Å². The molecule has 0 radical (unpaired) electrons. The molecule has 0 aliphatic carbocycles. The summed E-state index contributed by atoms with van der Waals surface area (Å²) < 4.78 is 41.4. The van der Waals surface area contributed by atoms with Gasteiger partial charge in [-0.1, -0.05) is 11.2 Å². The molecular formula is C11H8F3N3O2. The summed E-state index contributed by atoms with van der Waals surface area (Å²) >= 11 is 0. The molecule has 2 aromatic heterocycles. The van der Waals surface area contributed by atoms with Gasteiger partial charge in [-0.2, -0.15) is 13.2 Å². The Hall–Kier alpha value is -2.38. The minimum absolute atomic E-state index is 0.0277. The Labute approximate surface area is 105 Å². The number of hydrogen-bond acceptors (Lipinski definition) is 4. The van der Waals surface area contributed by atoms with E-state index in [1.807, 2.05) is 0 Å². The number of rotatable bonds is 3. The summed E-state index contributed by atoms with van der Waals surface area (Å²) in [5.74, 6) is -0.475. The third-order valence-electron chi connectivity index (χ3n) is 2.23. The summed E-state index contributed by atoms with van der Waals surface area (Å²) in [4.78, 5) is 14.7. The second-order valence-corrected chi connectivity index (χ2v) is 3.61. The van der Waals surface area contributed by atoms with Crippen molar-refractivity contribution in [1.82, 2.24) is 15.5 Å². The highest BCUT2D eigenvalue weighted by Gasteiger charge is 2.31. The predicted octanol–water partition coefficient (Wildman–Crippen LogP) is 2.02. The van der Waals surface area contributed by atoms with Crippen molar-refractivity contribution in [2.24, 2.45) is 0 Å². The van der Waals surface area contributed by atoms with E-state index in [9.17, 15) is 18.0 Å². The molecule has 0 saturated carbocycles. The largest absolute Gasteiger partial charge is 0.433 e. The Bertz CT molecular complexity index is 550. The molecule has 0 aliphatic rings. The van der Waals surface area contributed by atoms with Crippen LogP contribution in [0.2, 0.25) is 0 Å². The van der Waals surface area contributed by atoms with Gasteiger partial charge in [0, 0.05) is 18.8 Å². The summed E-state index contributed by atoms with van der Waals surface area (Å²) in [7, 11) is 0. The van der Waals surface area contributed by atoms with Gasteiger partial charge in [0.25, 0.3) is 5.91 Å². The molecular weight excluding hydrogens is 263 g/mol. The molecule has 100 valence electrons. The van der Waals surface area contributed by atoms with Crippen LogP contribution in [0.1, 0.15) is 21.8 Å². The number of halogens is 3. The van der Waals surface area contributed by atoms with Gasteiger partial charge >= 0.3 is 6.18 Å². The third kappa shape index (κ3) is 3.30. The van der Waals surface area contributed by atoms with E-state index in [4.69, 9.17) is 0 Å². The molecule has 1 amide bonds. The van der Waals surface area contributed by atoms with E-state index in [-0.39, 0.29) is 12.3 Å². The first-order valence-electron chi connectivity index (χ1n) is 5.18. The number of amides is 1. The second kappa shape index (κ2) is 5.09. The van der Waals surface area contributed by atoms with Gasteiger partial charge in [-0.25, -0.2) is 0 Å². The van der Waals surface area contributed by atoms with Crippen LogP contribution < -0.4 is 5.32 Å². The van der Waals surface area contributed by atoms with Gasteiger partial charge < -0.3 is 9.84 Å². The van der Waals surface area contributed by atoms with Crippen LogP contribution in [0.5, 0.6) is 0 Å². The molecule has 1 N–H and O–H groups in total. The first-order chi connectivity index (χ1) is 8.97. The van der Waals surface area contributed by atoms with Gasteiger partial charge in [0.1, 0.15) is 5.69 Å². The molecule has 0 atom stereocenters. The number of nitrogens with zero attached hydrogens (tertiary/aromatic N) is 2. The average Bonchev–Trinajstić information content (AvgIpc) is 2.89. The quantitative estimate of drug-likeness (QED) is 0.927. The summed E-state index contributed by atoms with van der Waals surface area (Å²) in [6.07, 6.45) is -2.10. The molecule has 0 aliphatic heterocycles. The molecule has 0 unspecified atom stereocenters. The Morgan fingerprint density at radius 3 is 2.63 bits per heavy atom. The average molecular weight is 271 g/mol. The van der Waals surface area contributed by atoms with Crippen LogP contribution in [-0.4, -0.2) is 16.0 Å². The van der Waals surface area contributed by atoms with Gasteiger partial charge in [0.2, 0.25) is 5.76 Å². The lowest BCUT2D eigenvalue weighted by Crippen LogP contribution is -2.22. The standard InChI is InChI=1S/C11H8F3N3O2/c12-11(13,14)9-2-1-7(5-15-9)6-16-10(18)8-3-4-17-19-8/h1-5H,6H2,(H,16,18). The monoisotopic (exact) mass is 271 g/mol. The number of nitrogens with one attached hydrogen (secondary N) is 1. The first kappa shape index (κ1) is 13.1. The van der Waals surface area contributed by atoms with E-state index in [1.54, 1.807) is 0 Å². The molecule has 2 heterocycles. The van der Waals surface area contributed by atoms with Crippen LogP contribution in [0.25, 0.3) is 0 Å². The van der Waals surface area contributed by atoms with Gasteiger partial charge in [0.05, 0.1) is 6.20 Å². The zero-order chi connectivity index (χ0) is 13.9. The minimum atomic E-state index is -4.47. The number of pyridine rings is 1. The van der Waals surface area contributed by atoms with Crippen LogP contribution in [0, 0.1) is 0 Å². The molecule has 0 spiro atoms. The van der Waals surface area contributed by atoms with E-state index in [0.717, 1.165) is 12.3 Å². The first-order valence-corrected chi connectivity index (χ1v) is 5.18. The Balaban J connectivity index is 1.95. The Morgan fingerprint density at radius 1 is 1.32 bits per heavy atom. The molecule has 2 rings (SSSR count). The van der Waals surface area contributed by atoms with Gasteiger partial charge in [-0.05, 0) is 11.6 Å². The molecule has 0 saturated heterocycles. The lowest BCUT2D eigenvalue weighted by Gasteiger charge is -2.07. The fraction of sp³-hybridized carbons (Fsp3) is 0.182. The molecule has 19 heavy (non-hydrogen) atoms. The van der Waals surface area contributed by atoms with Crippen LogP contribution in [0.15, 0.2) is 35.1 Å². The van der Waals surface area contributed by atoms with Crippen molar-refractivity contribution in [3.8, 4) is 0 Å². The normalized spacial score (nSPS) is 11.3. The van der Waals surface area contributed by atoms with Crippen molar-refractivity contribution >= 4 is 5.91 Å². The van der Waals surface area contributed by atoms with Crippen molar-refractivity contribution in [3.63, 3.8) is 0 Å². The van der Waals surface area contributed by atoms with Crippen molar-refractivity contribution in [2.45, 2.75) is 12.7 Å². The summed E-state index contributed by atoms with van der Waals surface area (Å²) in [5, 5.41) is 5.83. The van der Waals surface area contributed by atoms with Crippen molar-refractivity contribution in [1.29, 1.82) is 0 Å².